The second kappa shape index (κ2) is 14.1. The Morgan fingerprint density at radius 3 is 2.08 bits per heavy atom. The monoisotopic (exact) mass is 554 g/mol. The quantitative estimate of drug-likeness (QED) is 0.318. The van der Waals surface area contributed by atoms with Crippen LogP contribution >= 0.6 is 23.2 Å². The van der Waals surface area contributed by atoms with Crippen molar-refractivity contribution in [3.63, 3.8) is 0 Å². The fourth-order valence-corrected chi connectivity index (χ4v) is 4.17. The molecule has 1 aromatic heterocycles. The number of carbonyl (C=O) groups is 2. The summed E-state index contributed by atoms with van der Waals surface area (Å²) in [5.41, 5.74) is 2.61. The average molecular weight is 555 g/mol. The van der Waals surface area contributed by atoms with E-state index in [1.165, 1.54) is 12.1 Å². The number of amides is 1. The maximum Gasteiger partial charge on any atom is 1.00 e. The summed E-state index contributed by atoms with van der Waals surface area (Å²) < 4.78 is 0. The third-order valence-electron chi connectivity index (χ3n) is 5.38. The minimum Gasteiger partial charge on any atom is -0.548 e. The van der Waals surface area contributed by atoms with Crippen molar-refractivity contribution in [2.45, 2.75) is 12.5 Å². The van der Waals surface area contributed by atoms with E-state index >= 15 is 0 Å². The molecule has 4 aromatic rings. The van der Waals surface area contributed by atoms with Gasteiger partial charge >= 0.3 is 29.6 Å². The Hall–Kier alpha value is -3.20. The summed E-state index contributed by atoms with van der Waals surface area (Å²) in [5, 5.41) is 14.3. The molecule has 0 saturated carbocycles. The number of halogens is 2. The van der Waals surface area contributed by atoms with Gasteiger partial charge in [-0.05, 0) is 54.4 Å². The molecule has 7 nitrogen and oxygen atoms in total. The topological polar surface area (TPSA) is 98.2 Å². The molecule has 1 unspecified atom stereocenters. The zero-order valence-electron chi connectivity index (χ0n) is 20.4. The molecule has 0 spiro atoms. The number of hydrogen-bond donors (Lipinski definition) is 1. The Morgan fingerprint density at radius 2 is 1.47 bits per heavy atom. The molecule has 3 aromatic carbocycles. The standard InChI is InChI=1S/C28H22Cl2N4O3.Na/c29-22-10-5-11-23(30)25(22)26(35)33-24(27(36)37)12-4-7-19-13-15-21(16-14-19)34(20-8-2-1-3-9-20)28-31-17-6-18-32-28;/h1-11,13-18,24H,12H2,(H,33,35)(H,36,37);/q;+1/p-1/b7-4+;. The number of para-hydroxylation sites is 1. The largest absolute Gasteiger partial charge is 1.00 e. The Kier molecular flexibility index (Phi) is 10.9. The Labute approximate surface area is 252 Å². The van der Waals surface area contributed by atoms with Crippen molar-refractivity contribution < 1.29 is 44.3 Å². The number of nitrogens with one attached hydrogen (secondary N) is 1. The number of nitrogens with zero attached hydrogens (tertiary/aromatic N) is 3. The van der Waals surface area contributed by atoms with Crippen LogP contribution in [0.3, 0.4) is 0 Å². The van der Waals surface area contributed by atoms with Crippen molar-refractivity contribution in [2.75, 3.05) is 4.90 Å². The number of carboxylic acid groups (broad SMARTS) is 1. The zero-order chi connectivity index (χ0) is 26.2. The summed E-state index contributed by atoms with van der Waals surface area (Å²) >= 11 is 12.1. The number of benzene rings is 3. The molecule has 1 heterocycles. The van der Waals surface area contributed by atoms with Crippen molar-refractivity contribution in [1.29, 1.82) is 0 Å². The molecule has 0 radical (unpaired) electrons. The van der Waals surface area contributed by atoms with Crippen molar-refractivity contribution in [2.24, 2.45) is 0 Å². The first kappa shape index (κ1) is 29.4. The summed E-state index contributed by atoms with van der Waals surface area (Å²) in [4.78, 5) is 34.9. The predicted molar refractivity (Wildman–Crippen MR) is 143 cm³/mol. The molecule has 1 atom stereocenters. The van der Waals surface area contributed by atoms with Crippen LogP contribution in [0.1, 0.15) is 22.3 Å². The molecule has 0 fully saturated rings. The molecule has 4 rings (SSSR count). The smallest absolute Gasteiger partial charge is 0.548 e. The molecule has 0 bridgehead atoms. The van der Waals surface area contributed by atoms with Crippen LogP contribution in [0.2, 0.25) is 10.0 Å². The molecule has 186 valence electrons. The minimum atomic E-state index is -1.42. The second-order valence-electron chi connectivity index (χ2n) is 7.89. The van der Waals surface area contributed by atoms with Gasteiger partial charge in [-0.1, -0.05) is 71.8 Å². The van der Waals surface area contributed by atoms with Gasteiger partial charge in [0, 0.05) is 23.8 Å². The van der Waals surface area contributed by atoms with Crippen LogP contribution in [-0.2, 0) is 4.79 Å². The molecule has 0 saturated heterocycles. The van der Waals surface area contributed by atoms with Crippen LogP contribution in [0.4, 0.5) is 17.3 Å². The third kappa shape index (κ3) is 7.43. The van der Waals surface area contributed by atoms with Gasteiger partial charge in [0.05, 0.1) is 27.6 Å². The van der Waals surface area contributed by atoms with Gasteiger partial charge in [-0.3, -0.25) is 9.69 Å². The van der Waals surface area contributed by atoms with Crippen LogP contribution in [0, 0.1) is 0 Å². The summed E-state index contributed by atoms with van der Waals surface area (Å²) in [6, 6.07) is 22.5. The van der Waals surface area contributed by atoms with E-state index in [0.29, 0.717) is 5.95 Å². The van der Waals surface area contributed by atoms with Crippen LogP contribution in [0.5, 0.6) is 0 Å². The van der Waals surface area contributed by atoms with Crippen LogP contribution in [-0.4, -0.2) is 27.9 Å². The van der Waals surface area contributed by atoms with Gasteiger partial charge in [0.2, 0.25) is 5.95 Å². The van der Waals surface area contributed by atoms with E-state index in [4.69, 9.17) is 23.2 Å². The number of aromatic nitrogens is 2. The van der Waals surface area contributed by atoms with Crippen LogP contribution < -0.4 is 44.9 Å². The van der Waals surface area contributed by atoms with Crippen molar-refractivity contribution in [3.05, 3.63) is 119 Å². The minimum absolute atomic E-state index is 0. The Bertz CT molecular complexity index is 1350. The molecule has 0 aliphatic heterocycles. The third-order valence-corrected chi connectivity index (χ3v) is 6.01. The maximum atomic E-state index is 12.6. The van der Waals surface area contributed by atoms with E-state index in [9.17, 15) is 14.7 Å². The van der Waals surface area contributed by atoms with Gasteiger partial charge in [-0.25, -0.2) is 9.97 Å². The summed E-state index contributed by atoms with van der Waals surface area (Å²) in [6.07, 6.45) is 6.79. The average Bonchev–Trinajstić information content (AvgIpc) is 2.90. The maximum absolute atomic E-state index is 12.6. The summed E-state index contributed by atoms with van der Waals surface area (Å²) in [5.74, 6) is -1.58. The number of carbonyl (C=O) groups excluding carboxylic acids is 2. The zero-order valence-corrected chi connectivity index (χ0v) is 23.9. The van der Waals surface area contributed by atoms with Gasteiger partial charge in [0.15, 0.2) is 0 Å². The van der Waals surface area contributed by atoms with E-state index in [0.717, 1.165) is 16.9 Å². The van der Waals surface area contributed by atoms with E-state index in [1.54, 1.807) is 36.7 Å². The molecule has 38 heavy (non-hydrogen) atoms. The Balaban J connectivity index is 0.00000400. The SMILES string of the molecule is O=C(NC(C/C=C/c1ccc(N(c2ccccc2)c2ncccn2)cc1)C(=O)[O-])c1c(Cl)cccc1Cl.[Na+]. The van der Waals surface area contributed by atoms with Crippen LogP contribution in [0.15, 0.2) is 97.3 Å². The molecule has 1 amide bonds. The van der Waals surface area contributed by atoms with Gasteiger partial charge in [-0.15, -0.1) is 0 Å². The first-order valence-electron chi connectivity index (χ1n) is 11.3. The second-order valence-corrected chi connectivity index (χ2v) is 8.71. The fourth-order valence-electron chi connectivity index (χ4n) is 3.60. The first-order chi connectivity index (χ1) is 17.9. The molecular weight excluding hydrogens is 534 g/mol. The van der Waals surface area contributed by atoms with Gasteiger partial charge in [0.1, 0.15) is 0 Å². The van der Waals surface area contributed by atoms with E-state index in [2.05, 4.69) is 15.3 Å². The predicted octanol–water partition coefficient (Wildman–Crippen LogP) is 2.21. The molecule has 0 aliphatic rings. The summed E-state index contributed by atoms with van der Waals surface area (Å²) in [7, 11) is 0. The normalized spacial score (nSPS) is 11.4. The van der Waals surface area contributed by atoms with E-state index in [-0.39, 0.29) is 51.6 Å². The van der Waals surface area contributed by atoms with Gasteiger partial charge in [-0.2, -0.15) is 0 Å². The molecule has 10 heteroatoms. The number of anilines is 3. The van der Waals surface area contributed by atoms with E-state index in [1.807, 2.05) is 59.5 Å². The van der Waals surface area contributed by atoms with Gasteiger partial charge in [0.25, 0.3) is 5.91 Å². The number of carboxylic acids is 1. The first-order valence-corrected chi connectivity index (χ1v) is 12.0. The Morgan fingerprint density at radius 1 is 0.868 bits per heavy atom. The fraction of sp³-hybridized carbons (Fsp3) is 0.0714. The number of hydrogen-bond acceptors (Lipinski definition) is 6. The van der Waals surface area contributed by atoms with Gasteiger partial charge < -0.3 is 15.2 Å². The molecule has 1 N–H and O–H groups in total. The summed E-state index contributed by atoms with van der Waals surface area (Å²) in [6.45, 7) is 0. The van der Waals surface area contributed by atoms with E-state index < -0.39 is 17.9 Å². The van der Waals surface area contributed by atoms with Crippen molar-refractivity contribution in [1.82, 2.24) is 15.3 Å². The van der Waals surface area contributed by atoms with Crippen LogP contribution in [0.25, 0.3) is 6.08 Å². The number of rotatable bonds is 9. The van der Waals surface area contributed by atoms with Crippen molar-refractivity contribution in [3.8, 4) is 0 Å². The molecule has 0 aliphatic carbocycles. The number of aliphatic carboxylic acids is 1. The molecular formula is C28H21Cl2N4NaO3. The van der Waals surface area contributed by atoms with Crippen molar-refractivity contribution >= 4 is 58.5 Å².